The number of hydrogen-bond acceptors (Lipinski definition) is 8. The van der Waals surface area contributed by atoms with Crippen molar-refractivity contribution >= 4 is 17.2 Å². The van der Waals surface area contributed by atoms with Crippen molar-refractivity contribution < 1.29 is 23.4 Å². The smallest absolute Gasteiger partial charge is 0.254 e. The second kappa shape index (κ2) is 11.3. The summed E-state index contributed by atoms with van der Waals surface area (Å²) in [5, 5.41) is 16.8. The lowest BCUT2D eigenvalue weighted by Crippen LogP contribution is -2.67. The first kappa shape index (κ1) is 27.3. The lowest BCUT2D eigenvalue weighted by atomic mass is 9.87. The van der Waals surface area contributed by atoms with Gasteiger partial charge in [0.05, 0.1) is 42.7 Å². The molecule has 1 spiro atoms. The molecular weight excluding hydrogens is 544 g/mol. The van der Waals surface area contributed by atoms with Gasteiger partial charge in [0.15, 0.2) is 5.76 Å². The van der Waals surface area contributed by atoms with E-state index in [9.17, 15) is 10.1 Å². The zero-order valence-electron chi connectivity index (χ0n) is 24.2. The Morgan fingerprint density at radius 3 is 2.74 bits per heavy atom. The molecule has 220 valence electrons. The molecule has 0 saturated carbocycles. The first-order valence-corrected chi connectivity index (χ1v) is 14.8. The predicted octanol–water partition coefficient (Wildman–Crippen LogP) is 5.33. The normalized spacial score (nSPS) is 19.1. The molecule has 0 bridgehead atoms. The maximum Gasteiger partial charge on any atom is 0.254 e. The van der Waals surface area contributed by atoms with Gasteiger partial charge in [-0.3, -0.25) is 4.79 Å². The number of allylic oxidation sites excluding steroid dienone is 2. The molecular formula is C34H34N4O5. The highest BCUT2D eigenvalue weighted by Crippen LogP contribution is 2.42. The van der Waals surface area contributed by atoms with Gasteiger partial charge >= 0.3 is 0 Å². The number of carbonyl (C=O) groups excluding carboxylic acids is 1. The van der Waals surface area contributed by atoms with Crippen molar-refractivity contribution in [3.8, 4) is 28.9 Å². The summed E-state index contributed by atoms with van der Waals surface area (Å²) in [4.78, 5) is 15.1. The molecule has 0 unspecified atom stereocenters. The molecule has 3 fully saturated rings. The monoisotopic (exact) mass is 578 g/mol. The van der Waals surface area contributed by atoms with E-state index in [0.29, 0.717) is 47.4 Å². The molecule has 1 aromatic heterocycles. The summed E-state index contributed by atoms with van der Waals surface area (Å²) in [7, 11) is 1.60. The molecule has 9 nitrogen and oxygen atoms in total. The zero-order valence-corrected chi connectivity index (χ0v) is 24.2. The second-order valence-corrected chi connectivity index (χ2v) is 11.6. The third kappa shape index (κ3) is 5.18. The van der Waals surface area contributed by atoms with Gasteiger partial charge < -0.3 is 34.2 Å². The Labute approximate surface area is 250 Å². The molecule has 0 aliphatic carbocycles. The first-order chi connectivity index (χ1) is 21.1. The summed E-state index contributed by atoms with van der Waals surface area (Å²) in [6, 6.07) is 15.4. The Balaban J connectivity index is 1.15. The molecule has 7 rings (SSSR count). The average Bonchev–Trinajstić information content (AvgIpc) is 3.64. The molecule has 1 amide bonds. The van der Waals surface area contributed by atoms with Crippen LogP contribution in [0.25, 0.3) is 16.9 Å². The van der Waals surface area contributed by atoms with Crippen LogP contribution in [0.1, 0.15) is 52.9 Å². The number of ether oxygens (including phenoxy) is 3. The lowest BCUT2D eigenvalue weighted by molar-refractivity contribution is 0.0254. The molecule has 3 aromatic rings. The minimum Gasteiger partial charge on any atom is -0.496 e. The summed E-state index contributed by atoms with van der Waals surface area (Å²) in [6.07, 6.45) is 9.65. The SMILES string of the molecule is COc1cc(C(=O)N2CC3(CCCN3)C2)ccc1-c1cc2c(o1)C(c1ccc(OC3CCOCC3)c(C#N)c1)=CC=CN2. The number of amides is 1. The first-order valence-electron chi connectivity index (χ1n) is 14.8. The standard InChI is InChI=1S/C34H34N4O5/c1-40-30-17-23(33(39)38-20-34(21-38)11-3-13-37-34)5-7-27(30)31-18-28-32(43-31)26(4-2-12-36-28)22-6-8-29(24(16-22)19-35)42-25-9-14-41-15-10-25/h2,4-8,12,16-18,25,36-37H,3,9-11,13-15,20-21H2,1H3. The third-order valence-corrected chi connectivity index (χ3v) is 8.77. The molecule has 2 aromatic carbocycles. The van der Waals surface area contributed by atoms with Crippen molar-refractivity contribution in [2.75, 3.05) is 45.3 Å². The number of furan rings is 1. The van der Waals surface area contributed by atoms with E-state index in [0.717, 1.165) is 67.7 Å². The number of rotatable bonds is 6. The summed E-state index contributed by atoms with van der Waals surface area (Å²) in [5.41, 5.74) is 4.36. The van der Waals surface area contributed by atoms with Crippen LogP contribution < -0.4 is 20.1 Å². The van der Waals surface area contributed by atoms with Crippen molar-refractivity contribution in [3.05, 3.63) is 83.3 Å². The minimum absolute atomic E-state index is 0.00830. The lowest BCUT2D eigenvalue weighted by Gasteiger charge is -2.48. The van der Waals surface area contributed by atoms with Crippen LogP contribution in [0.15, 0.2) is 65.2 Å². The van der Waals surface area contributed by atoms with Crippen LogP contribution in [0, 0.1) is 11.3 Å². The highest BCUT2D eigenvalue weighted by Gasteiger charge is 2.46. The van der Waals surface area contributed by atoms with Crippen molar-refractivity contribution in [2.45, 2.75) is 37.3 Å². The highest BCUT2D eigenvalue weighted by atomic mass is 16.5. The number of hydrogen-bond donors (Lipinski definition) is 2. The molecule has 2 N–H and O–H groups in total. The van der Waals surface area contributed by atoms with E-state index < -0.39 is 0 Å². The number of benzene rings is 2. The van der Waals surface area contributed by atoms with Crippen LogP contribution >= 0.6 is 0 Å². The second-order valence-electron chi connectivity index (χ2n) is 11.6. The maximum atomic E-state index is 13.2. The number of carbonyl (C=O) groups is 1. The van der Waals surface area contributed by atoms with Crippen LogP contribution in [-0.2, 0) is 4.74 Å². The molecule has 9 heteroatoms. The van der Waals surface area contributed by atoms with Crippen LogP contribution in [0.5, 0.6) is 11.5 Å². The topological polar surface area (TPSA) is 109 Å². The Kier molecular flexibility index (Phi) is 7.17. The summed E-state index contributed by atoms with van der Waals surface area (Å²) in [5.74, 6) is 2.39. The number of likely N-dealkylation sites (tertiary alicyclic amines) is 1. The molecule has 4 aliphatic heterocycles. The van der Waals surface area contributed by atoms with E-state index in [2.05, 4.69) is 16.7 Å². The van der Waals surface area contributed by atoms with Crippen molar-refractivity contribution in [1.29, 1.82) is 5.26 Å². The molecule has 0 radical (unpaired) electrons. The van der Waals surface area contributed by atoms with Crippen LogP contribution in [-0.4, -0.2) is 62.4 Å². The summed E-state index contributed by atoms with van der Waals surface area (Å²) < 4.78 is 23.8. The number of nitrogens with one attached hydrogen (secondary N) is 2. The Hall–Kier alpha value is -4.52. The average molecular weight is 579 g/mol. The zero-order chi connectivity index (χ0) is 29.4. The van der Waals surface area contributed by atoms with Crippen LogP contribution in [0.2, 0.25) is 0 Å². The van der Waals surface area contributed by atoms with E-state index in [4.69, 9.17) is 18.6 Å². The number of fused-ring (bicyclic) bond motifs is 1. The molecule has 5 heterocycles. The molecule has 4 aliphatic rings. The largest absolute Gasteiger partial charge is 0.496 e. The van der Waals surface area contributed by atoms with E-state index in [1.165, 1.54) is 0 Å². The molecule has 43 heavy (non-hydrogen) atoms. The van der Waals surface area contributed by atoms with Gasteiger partial charge in [0, 0.05) is 49.3 Å². The van der Waals surface area contributed by atoms with Crippen molar-refractivity contribution in [1.82, 2.24) is 10.2 Å². The fraction of sp³-hybridized carbons (Fsp3) is 0.353. The van der Waals surface area contributed by atoms with Gasteiger partial charge in [0.2, 0.25) is 0 Å². The van der Waals surface area contributed by atoms with Gasteiger partial charge in [-0.25, -0.2) is 0 Å². The highest BCUT2D eigenvalue weighted by molar-refractivity contribution is 5.96. The fourth-order valence-electron chi connectivity index (χ4n) is 6.45. The number of methoxy groups -OCH3 is 1. The van der Waals surface area contributed by atoms with Gasteiger partial charge in [-0.2, -0.15) is 5.26 Å². The molecule has 0 atom stereocenters. The van der Waals surface area contributed by atoms with Gasteiger partial charge in [-0.1, -0.05) is 6.07 Å². The predicted molar refractivity (Wildman–Crippen MR) is 162 cm³/mol. The van der Waals surface area contributed by atoms with Gasteiger partial charge in [-0.05, 0) is 67.4 Å². The summed E-state index contributed by atoms with van der Waals surface area (Å²) in [6.45, 7) is 3.84. The van der Waals surface area contributed by atoms with E-state index in [-0.39, 0.29) is 17.6 Å². The number of anilines is 1. The van der Waals surface area contributed by atoms with E-state index >= 15 is 0 Å². The third-order valence-electron chi connectivity index (χ3n) is 8.77. The number of nitriles is 1. The van der Waals surface area contributed by atoms with Crippen molar-refractivity contribution in [3.63, 3.8) is 0 Å². The quantitative estimate of drug-likeness (QED) is 0.404. The fourth-order valence-corrected chi connectivity index (χ4v) is 6.45. The Morgan fingerprint density at radius 2 is 1.98 bits per heavy atom. The van der Waals surface area contributed by atoms with E-state index in [1.54, 1.807) is 13.2 Å². The van der Waals surface area contributed by atoms with Crippen molar-refractivity contribution in [2.24, 2.45) is 0 Å². The van der Waals surface area contributed by atoms with Gasteiger partial charge in [0.25, 0.3) is 5.91 Å². The maximum absolute atomic E-state index is 13.2. The number of nitrogens with zero attached hydrogens (tertiary/aromatic N) is 2. The van der Waals surface area contributed by atoms with Crippen LogP contribution in [0.4, 0.5) is 5.69 Å². The Bertz CT molecular complexity index is 1650. The minimum atomic E-state index is 0.00830. The van der Waals surface area contributed by atoms with E-state index in [1.807, 2.05) is 59.7 Å². The van der Waals surface area contributed by atoms with Gasteiger partial charge in [-0.15, -0.1) is 0 Å². The molecule has 3 saturated heterocycles. The van der Waals surface area contributed by atoms with Gasteiger partial charge in [0.1, 0.15) is 29.4 Å². The van der Waals surface area contributed by atoms with Crippen LogP contribution in [0.3, 0.4) is 0 Å². The summed E-state index contributed by atoms with van der Waals surface area (Å²) >= 11 is 0. The Morgan fingerprint density at radius 1 is 1.12 bits per heavy atom.